The fourth-order valence-electron chi connectivity index (χ4n) is 5.38. The minimum atomic E-state index is -4.08. The van der Waals surface area contributed by atoms with E-state index in [4.69, 9.17) is 15.9 Å². The molecule has 39 heavy (non-hydrogen) atoms. The molecule has 0 bridgehead atoms. The highest BCUT2D eigenvalue weighted by Crippen LogP contribution is 2.25. The van der Waals surface area contributed by atoms with E-state index < -0.39 is 34.0 Å². The Morgan fingerprint density at radius 1 is 1.21 bits per heavy atom. The number of methoxy groups -OCH3 is 1. The van der Waals surface area contributed by atoms with Gasteiger partial charge in [-0.05, 0) is 62.9 Å². The topological polar surface area (TPSA) is 149 Å². The maximum Gasteiger partial charge on any atom is 0.328 e. The van der Waals surface area contributed by atoms with Gasteiger partial charge in [-0.1, -0.05) is 29.4 Å². The molecular weight excluding hydrogens is 520 g/mol. The maximum atomic E-state index is 14.0. The Kier molecular flexibility index (Phi) is 8.77. The predicted octanol–water partition coefficient (Wildman–Crippen LogP) is 0.957. The Labute approximate surface area is 230 Å². The number of carbonyl (C=O) groups is 2. The van der Waals surface area contributed by atoms with Gasteiger partial charge in [-0.3, -0.25) is 10.2 Å². The quantitative estimate of drug-likeness (QED) is 0.194. The van der Waals surface area contributed by atoms with Crippen LogP contribution in [0.4, 0.5) is 0 Å². The summed E-state index contributed by atoms with van der Waals surface area (Å²) in [6.45, 7) is 4.51. The van der Waals surface area contributed by atoms with Crippen molar-refractivity contribution >= 4 is 27.9 Å². The number of nitrogens with zero attached hydrogens (tertiary/aromatic N) is 3. The smallest absolute Gasteiger partial charge is 0.328 e. The first-order chi connectivity index (χ1) is 18.5. The second-order valence-corrected chi connectivity index (χ2v) is 12.3. The van der Waals surface area contributed by atoms with Crippen LogP contribution < -0.4 is 10.5 Å². The van der Waals surface area contributed by atoms with Crippen molar-refractivity contribution in [1.82, 2.24) is 19.4 Å². The van der Waals surface area contributed by atoms with Crippen LogP contribution >= 0.6 is 0 Å². The number of likely N-dealkylation sites (N-methyl/N-ethyl adjacent to an activating group) is 1. The summed E-state index contributed by atoms with van der Waals surface area (Å²) >= 11 is 0. The van der Waals surface area contributed by atoms with E-state index in [0.717, 1.165) is 35.2 Å². The summed E-state index contributed by atoms with van der Waals surface area (Å²) in [5, 5.41) is 7.80. The zero-order valence-corrected chi connectivity index (χ0v) is 23.6. The number of rotatable bonds is 7. The van der Waals surface area contributed by atoms with Gasteiger partial charge in [-0.2, -0.15) is 4.72 Å². The second kappa shape index (κ2) is 11.9. The van der Waals surface area contributed by atoms with Crippen LogP contribution in [-0.2, 0) is 37.3 Å². The van der Waals surface area contributed by atoms with Crippen molar-refractivity contribution in [3.8, 4) is 0 Å². The number of carbonyl (C=O) groups excluding carboxylic acids is 2. The number of hydrogen-bond acceptors (Lipinski definition) is 7. The van der Waals surface area contributed by atoms with Crippen molar-refractivity contribution in [2.24, 2.45) is 5.73 Å². The lowest BCUT2D eigenvalue weighted by Gasteiger charge is -2.36. The molecule has 12 heteroatoms. The van der Waals surface area contributed by atoms with E-state index in [-0.39, 0.29) is 23.8 Å². The van der Waals surface area contributed by atoms with Crippen molar-refractivity contribution in [3.05, 3.63) is 52.6 Å². The highest BCUT2D eigenvalue weighted by Gasteiger charge is 2.38. The zero-order valence-electron chi connectivity index (χ0n) is 22.8. The first-order valence-electron chi connectivity index (χ1n) is 13.1. The Morgan fingerprint density at radius 3 is 2.69 bits per heavy atom. The van der Waals surface area contributed by atoms with Crippen LogP contribution in [0.3, 0.4) is 0 Å². The summed E-state index contributed by atoms with van der Waals surface area (Å²) in [6, 6.07) is 3.10. The molecular formula is C27H38N6O5S. The van der Waals surface area contributed by atoms with E-state index in [2.05, 4.69) is 9.62 Å². The summed E-state index contributed by atoms with van der Waals surface area (Å²) in [5.41, 5.74) is 9.51. The number of sulfonamides is 1. The molecule has 0 aromatic heterocycles. The monoisotopic (exact) mass is 558 g/mol. The summed E-state index contributed by atoms with van der Waals surface area (Å²) in [6.07, 6.45) is 5.69. The lowest BCUT2D eigenvalue weighted by Crippen LogP contribution is -2.55. The van der Waals surface area contributed by atoms with Gasteiger partial charge in [0.15, 0.2) is 5.96 Å². The van der Waals surface area contributed by atoms with E-state index in [1.54, 1.807) is 17.0 Å². The number of guanidine groups is 1. The molecule has 0 radical (unpaired) electrons. The van der Waals surface area contributed by atoms with Gasteiger partial charge in [0.05, 0.1) is 12.0 Å². The number of ether oxygens (including phenoxy) is 1. The van der Waals surface area contributed by atoms with Crippen LogP contribution in [0.15, 0.2) is 46.4 Å². The van der Waals surface area contributed by atoms with Crippen LogP contribution in [0.25, 0.3) is 0 Å². The van der Waals surface area contributed by atoms with Gasteiger partial charge in [0.2, 0.25) is 15.9 Å². The largest absolute Gasteiger partial charge is 0.467 e. The van der Waals surface area contributed by atoms with Crippen LogP contribution in [0.5, 0.6) is 0 Å². The fourth-order valence-corrected chi connectivity index (χ4v) is 6.62. The molecule has 3 aliphatic heterocycles. The van der Waals surface area contributed by atoms with E-state index in [1.165, 1.54) is 12.0 Å². The van der Waals surface area contributed by atoms with Gasteiger partial charge < -0.3 is 25.2 Å². The number of amides is 1. The van der Waals surface area contributed by atoms with Gasteiger partial charge in [0.25, 0.3) is 0 Å². The molecule has 0 aliphatic carbocycles. The number of fused-ring (bicyclic) bond motifs is 1. The molecule has 0 fully saturated rings. The summed E-state index contributed by atoms with van der Waals surface area (Å²) in [5.74, 6) is -1.13. The lowest BCUT2D eigenvalue weighted by molar-refractivity contribution is -0.153. The first-order valence-corrected chi connectivity index (χ1v) is 14.6. The molecule has 4 rings (SSSR count). The molecule has 1 amide bonds. The molecule has 3 aliphatic rings. The third-order valence-corrected chi connectivity index (χ3v) is 9.07. The number of esters is 1. The van der Waals surface area contributed by atoms with Crippen LogP contribution in [0.2, 0.25) is 0 Å². The van der Waals surface area contributed by atoms with Crippen molar-refractivity contribution in [1.29, 1.82) is 5.41 Å². The van der Waals surface area contributed by atoms with Crippen molar-refractivity contribution in [2.45, 2.75) is 56.1 Å². The normalized spacial score (nSPS) is 20.9. The highest BCUT2D eigenvalue weighted by atomic mass is 32.2. The molecule has 0 saturated carbocycles. The Bertz CT molecular complexity index is 1310. The molecule has 2 atom stereocenters. The van der Waals surface area contributed by atoms with Gasteiger partial charge in [0, 0.05) is 32.7 Å². The van der Waals surface area contributed by atoms with Crippen LogP contribution in [0.1, 0.15) is 37.3 Å². The molecule has 3 heterocycles. The Morgan fingerprint density at radius 2 is 1.97 bits per heavy atom. The Balaban J connectivity index is 1.65. The molecule has 0 unspecified atom stereocenters. The lowest BCUT2D eigenvalue weighted by atomic mass is 9.97. The minimum absolute atomic E-state index is 0.0783. The average molecular weight is 559 g/mol. The van der Waals surface area contributed by atoms with E-state index >= 15 is 0 Å². The van der Waals surface area contributed by atoms with Crippen LogP contribution in [-0.4, -0.2) is 93.4 Å². The van der Waals surface area contributed by atoms with E-state index in [0.29, 0.717) is 32.5 Å². The minimum Gasteiger partial charge on any atom is -0.467 e. The third kappa shape index (κ3) is 6.68. The van der Waals surface area contributed by atoms with Gasteiger partial charge in [0.1, 0.15) is 12.1 Å². The molecule has 212 valence electrons. The summed E-state index contributed by atoms with van der Waals surface area (Å²) in [4.78, 5) is 31.8. The number of hydrogen-bond donors (Lipinski definition) is 3. The van der Waals surface area contributed by atoms with Gasteiger partial charge >= 0.3 is 5.97 Å². The van der Waals surface area contributed by atoms with Crippen molar-refractivity contribution in [3.63, 3.8) is 0 Å². The van der Waals surface area contributed by atoms with E-state index in [1.807, 2.05) is 32.2 Å². The van der Waals surface area contributed by atoms with Crippen molar-refractivity contribution in [2.75, 3.05) is 40.3 Å². The second-order valence-electron chi connectivity index (χ2n) is 10.5. The van der Waals surface area contributed by atoms with Gasteiger partial charge in [-0.15, -0.1) is 0 Å². The standard InChI is InChI=1S/C27H38N6O5S/c1-18-8-12-33(24(13-18)26(35)38-3)25(34)23(14-19-5-4-10-32(16-19)27(28)29)30-39(36,37)22-7-6-20-9-11-31(2)17-21(20)15-22/h5-8,15,23-24,30H,4,9-14,16-17H2,1-3H3,(H3,28,29)/t23-,24-/m0/s1. The third-order valence-electron chi connectivity index (χ3n) is 7.60. The highest BCUT2D eigenvalue weighted by molar-refractivity contribution is 7.89. The summed E-state index contributed by atoms with van der Waals surface area (Å²) < 4.78 is 34.9. The molecule has 0 spiro atoms. The number of nitrogens with two attached hydrogens (primary N) is 1. The zero-order chi connectivity index (χ0) is 28.3. The van der Waals surface area contributed by atoms with Gasteiger partial charge in [-0.25, -0.2) is 13.2 Å². The average Bonchev–Trinajstić information content (AvgIpc) is 2.91. The predicted molar refractivity (Wildman–Crippen MR) is 147 cm³/mol. The van der Waals surface area contributed by atoms with Crippen LogP contribution in [0, 0.1) is 5.41 Å². The molecule has 1 aromatic rings. The first kappa shape index (κ1) is 28.8. The Hall–Kier alpha value is -3.22. The fraction of sp³-hybridized carbons (Fsp3) is 0.519. The number of nitrogens with one attached hydrogen (secondary N) is 2. The molecule has 1 aromatic carbocycles. The van der Waals surface area contributed by atoms with E-state index in [9.17, 15) is 18.0 Å². The van der Waals surface area contributed by atoms with Crippen molar-refractivity contribution < 1.29 is 22.7 Å². The molecule has 4 N–H and O–H groups in total. The number of benzene rings is 1. The molecule has 11 nitrogen and oxygen atoms in total. The molecule has 0 saturated heterocycles. The summed E-state index contributed by atoms with van der Waals surface area (Å²) in [7, 11) is -0.819. The maximum absolute atomic E-state index is 14.0. The SMILES string of the molecule is COC(=O)[C@@H]1CC(C)=CCN1C(=O)[C@H](CC1=CCCN(C(=N)N)C1)NS(=O)(=O)c1ccc2c(c1)CN(C)CC2.